The van der Waals surface area contributed by atoms with Crippen molar-refractivity contribution in [3.05, 3.63) is 69.3 Å². The van der Waals surface area contributed by atoms with Crippen molar-refractivity contribution in [2.75, 3.05) is 10.2 Å². The Labute approximate surface area is 146 Å². The molecule has 2 aromatic carbocycles. The van der Waals surface area contributed by atoms with Crippen molar-refractivity contribution >= 4 is 50.7 Å². The summed E-state index contributed by atoms with van der Waals surface area (Å²) in [5.74, 6) is -1.00. The molecule has 23 heavy (non-hydrogen) atoms. The molecule has 0 saturated heterocycles. The van der Waals surface area contributed by atoms with Gasteiger partial charge in [-0.3, -0.25) is 9.59 Å². The molecule has 0 radical (unpaired) electrons. The van der Waals surface area contributed by atoms with Gasteiger partial charge < -0.3 is 5.32 Å². The maximum absolute atomic E-state index is 12.6. The fourth-order valence-corrected chi connectivity index (χ4v) is 2.78. The summed E-state index contributed by atoms with van der Waals surface area (Å²) in [4.78, 5) is 26.0. The van der Waals surface area contributed by atoms with E-state index in [4.69, 9.17) is 11.6 Å². The van der Waals surface area contributed by atoms with E-state index in [-0.39, 0.29) is 10.7 Å². The lowest BCUT2D eigenvalue weighted by Crippen LogP contribution is -2.32. The van der Waals surface area contributed by atoms with Gasteiger partial charge in [-0.25, -0.2) is 4.90 Å². The average molecular weight is 392 g/mol. The molecule has 4 nitrogen and oxygen atoms in total. The van der Waals surface area contributed by atoms with Crippen molar-refractivity contribution < 1.29 is 9.59 Å². The molecule has 1 heterocycles. The Bertz CT molecular complexity index is 831. The van der Waals surface area contributed by atoms with Crippen LogP contribution in [0.1, 0.15) is 5.56 Å². The molecule has 1 aliphatic heterocycles. The zero-order chi connectivity index (χ0) is 16.6. The van der Waals surface area contributed by atoms with Crippen LogP contribution in [-0.2, 0) is 9.59 Å². The Kier molecular flexibility index (Phi) is 4.24. The molecule has 116 valence electrons. The Hall–Kier alpha value is -2.11. The third kappa shape index (κ3) is 3.02. The fourth-order valence-electron chi connectivity index (χ4n) is 2.30. The number of halogens is 2. The van der Waals surface area contributed by atoms with Gasteiger partial charge in [-0.1, -0.05) is 39.7 Å². The summed E-state index contributed by atoms with van der Waals surface area (Å²) in [6.45, 7) is 1.94. The number of imide groups is 1. The number of anilines is 2. The molecule has 1 aliphatic rings. The van der Waals surface area contributed by atoms with Crippen molar-refractivity contribution in [1.29, 1.82) is 0 Å². The SMILES string of the molecule is Cc1cccc(NC2=C(Cl)C(=O)N(c3ccc(Br)cc3)C2=O)c1. The van der Waals surface area contributed by atoms with Gasteiger partial charge in [0.05, 0.1) is 5.69 Å². The molecule has 6 heteroatoms. The van der Waals surface area contributed by atoms with Crippen LogP contribution in [0.2, 0.25) is 0 Å². The molecule has 0 fully saturated rings. The first-order valence-corrected chi connectivity index (χ1v) is 8.02. The third-order valence-electron chi connectivity index (χ3n) is 3.40. The lowest BCUT2D eigenvalue weighted by atomic mass is 10.2. The molecule has 1 N–H and O–H groups in total. The summed E-state index contributed by atoms with van der Waals surface area (Å²) >= 11 is 9.41. The summed E-state index contributed by atoms with van der Waals surface area (Å²) in [5.41, 5.74) is 2.30. The molecule has 0 aromatic heterocycles. The Morgan fingerprint density at radius 3 is 2.39 bits per heavy atom. The van der Waals surface area contributed by atoms with Crippen LogP contribution in [0.25, 0.3) is 0 Å². The van der Waals surface area contributed by atoms with Gasteiger partial charge in [0, 0.05) is 10.2 Å². The number of carbonyl (C=O) groups excluding carboxylic acids is 2. The summed E-state index contributed by atoms with van der Waals surface area (Å²) in [7, 11) is 0. The highest BCUT2D eigenvalue weighted by Gasteiger charge is 2.38. The van der Waals surface area contributed by atoms with Crippen LogP contribution in [-0.4, -0.2) is 11.8 Å². The topological polar surface area (TPSA) is 49.4 Å². The Balaban J connectivity index is 1.91. The minimum Gasteiger partial charge on any atom is -0.350 e. The van der Waals surface area contributed by atoms with E-state index in [0.29, 0.717) is 11.4 Å². The minimum absolute atomic E-state index is 0.0881. The van der Waals surface area contributed by atoms with Crippen LogP contribution in [0, 0.1) is 6.92 Å². The van der Waals surface area contributed by atoms with Crippen molar-refractivity contribution in [1.82, 2.24) is 0 Å². The molecule has 0 unspecified atom stereocenters. The van der Waals surface area contributed by atoms with Gasteiger partial charge in [-0.05, 0) is 48.9 Å². The number of aryl methyl sites for hydroxylation is 1. The molecule has 0 bridgehead atoms. The molecule has 0 aliphatic carbocycles. The molecule has 3 rings (SSSR count). The third-order valence-corrected chi connectivity index (χ3v) is 4.28. The van der Waals surface area contributed by atoms with E-state index in [1.807, 2.05) is 31.2 Å². The highest BCUT2D eigenvalue weighted by molar-refractivity contribution is 9.10. The summed E-state index contributed by atoms with van der Waals surface area (Å²) < 4.78 is 0.859. The van der Waals surface area contributed by atoms with Crippen LogP contribution in [0.5, 0.6) is 0 Å². The molecule has 2 amide bonds. The Morgan fingerprint density at radius 1 is 1.04 bits per heavy atom. The first-order chi connectivity index (χ1) is 11.0. The fraction of sp³-hybridized carbons (Fsp3) is 0.0588. The molecule has 2 aromatic rings. The van der Waals surface area contributed by atoms with Crippen LogP contribution < -0.4 is 10.2 Å². The number of hydrogen-bond donors (Lipinski definition) is 1. The van der Waals surface area contributed by atoms with Crippen molar-refractivity contribution in [3.63, 3.8) is 0 Å². The summed E-state index contributed by atoms with van der Waals surface area (Å²) in [5, 5.41) is 2.84. The number of amides is 2. The minimum atomic E-state index is -0.533. The number of nitrogens with zero attached hydrogens (tertiary/aromatic N) is 1. The molecule has 0 spiro atoms. The van der Waals surface area contributed by atoms with E-state index in [1.165, 1.54) is 0 Å². The lowest BCUT2D eigenvalue weighted by molar-refractivity contribution is -0.120. The molecular weight excluding hydrogens is 380 g/mol. The molecule has 0 atom stereocenters. The smallest absolute Gasteiger partial charge is 0.283 e. The van der Waals surface area contributed by atoms with E-state index in [9.17, 15) is 9.59 Å². The average Bonchev–Trinajstić information content (AvgIpc) is 2.73. The number of nitrogens with one attached hydrogen (secondary N) is 1. The highest BCUT2D eigenvalue weighted by atomic mass is 79.9. The van der Waals surface area contributed by atoms with E-state index in [0.717, 1.165) is 14.9 Å². The van der Waals surface area contributed by atoms with Gasteiger partial charge in [0.1, 0.15) is 10.7 Å². The van der Waals surface area contributed by atoms with Gasteiger partial charge in [-0.15, -0.1) is 0 Å². The van der Waals surface area contributed by atoms with Crippen LogP contribution in [0.3, 0.4) is 0 Å². The Morgan fingerprint density at radius 2 is 1.74 bits per heavy atom. The summed E-state index contributed by atoms with van der Waals surface area (Å²) in [6.07, 6.45) is 0. The van der Waals surface area contributed by atoms with Gasteiger partial charge in [-0.2, -0.15) is 0 Å². The van der Waals surface area contributed by atoms with Gasteiger partial charge in [0.25, 0.3) is 11.8 Å². The predicted octanol–water partition coefficient (Wildman–Crippen LogP) is 4.19. The van der Waals surface area contributed by atoms with Crippen molar-refractivity contribution in [2.45, 2.75) is 6.92 Å². The second-order valence-corrected chi connectivity index (χ2v) is 6.40. The largest absolute Gasteiger partial charge is 0.350 e. The van der Waals surface area contributed by atoms with Gasteiger partial charge >= 0.3 is 0 Å². The van der Waals surface area contributed by atoms with E-state index >= 15 is 0 Å². The quantitative estimate of drug-likeness (QED) is 0.798. The number of benzene rings is 2. The first kappa shape index (κ1) is 15.8. The predicted molar refractivity (Wildman–Crippen MR) is 94.3 cm³/mol. The molecular formula is C17H12BrClN2O2. The van der Waals surface area contributed by atoms with Gasteiger partial charge in [0.2, 0.25) is 0 Å². The van der Waals surface area contributed by atoms with E-state index in [1.54, 1.807) is 24.3 Å². The monoisotopic (exact) mass is 390 g/mol. The number of rotatable bonds is 3. The van der Waals surface area contributed by atoms with Crippen molar-refractivity contribution in [3.8, 4) is 0 Å². The zero-order valence-electron chi connectivity index (χ0n) is 12.1. The standard InChI is InChI=1S/C17H12BrClN2O2/c1-10-3-2-4-12(9-10)20-15-14(19)16(22)21(17(15)23)13-7-5-11(18)6-8-13/h2-9,20H,1H3. The lowest BCUT2D eigenvalue weighted by Gasteiger charge is -2.15. The maximum atomic E-state index is 12.6. The number of hydrogen-bond acceptors (Lipinski definition) is 3. The van der Waals surface area contributed by atoms with Crippen molar-refractivity contribution in [2.24, 2.45) is 0 Å². The first-order valence-electron chi connectivity index (χ1n) is 6.85. The van der Waals surface area contributed by atoms with Gasteiger partial charge in [0.15, 0.2) is 0 Å². The maximum Gasteiger partial charge on any atom is 0.283 e. The van der Waals surface area contributed by atoms with E-state index in [2.05, 4.69) is 21.2 Å². The number of carbonyl (C=O) groups is 2. The van der Waals surface area contributed by atoms with Crippen LogP contribution in [0.15, 0.2) is 63.7 Å². The van der Waals surface area contributed by atoms with Crippen LogP contribution in [0.4, 0.5) is 11.4 Å². The summed E-state index contributed by atoms with van der Waals surface area (Å²) in [6, 6.07) is 14.4. The van der Waals surface area contributed by atoms with Crippen LogP contribution >= 0.6 is 27.5 Å². The normalized spacial score (nSPS) is 14.7. The molecule has 0 saturated carbocycles. The highest BCUT2D eigenvalue weighted by Crippen LogP contribution is 2.30. The zero-order valence-corrected chi connectivity index (χ0v) is 14.5. The second kappa shape index (κ2) is 6.18. The second-order valence-electron chi connectivity index (χ2n) is 5.11. The van der Waals surface area contributed by atoms with E-state index < -0.39 is 11.8 Å².